The molecule has 1 atom stereocenters. The van der Waals surface area contributed by atoms with Crippen molar-refractivity contribution in [1.29, 1.82) is 0 Å². The van der Waals surface area contributed by atoms with E-state index < -0.39 is 12.1 Å². The summed E-state index contributed by atoms with van der Waals surface area (Å²) in [5, 5.41) is 2.70. The second-order valence-electron chi connectivity index (χ2n) is 6.31. The Bertz CT molecular complexity index is 941. The fraction of sp³-hybridized carbons (Fsp3) is 0.190. The topological polar surface area (TPSA) is 82.4 Å². The van der Waals surface area contributed by atoms with Crippen LogP contribution in [0.3, 0.4) is 0 Å². The highest BCUT2D eigenvalue weighted by Gasteiger charge is 2.18. The van der Waals surface area contributed by atoms with Gasteiger partial charge in [0, 0.05) is 28.6 Å². The van der Waals surface area contributed by atoms with Gasteiger partial charge in [0.25, 0.3) is 0 Å². The first kappa shape index (κ1) is 20.8. The zero-order chi connectivity index (χ0) is 20.6. The van der Waals surface area contributed by atoms with Crippen LogP contribution in [0.2, 0.25) is 0 Å². The molecule has 1 aromatic heterocycles. The first-order valence-electron chi connectivity index (χ1n) is 8.92. The van der Waals surface area contributed by atoms with E-state index in [2.05, 4.69) is 32.9 Å². The molecule has 0 radical (unpaired) electrons. The second kappa shape index (κ2) is 10.1. The first-order chi connectivity index (χ1) is 14.0. The van der Waals surface area contributed by atoms with E-state index in [4.69, 9.17) is 9.47 Å². The highest BCUT2D eigenvalue weighted by molar-refractivity contribution is 14.1. The van der Waals surface area contributed by atoms with Gasteiger partial charge in [-0.15, -0.1) is 0 Å². The molecule has 1 heterocycles. The molecule has 0 aliphatic carbocycles. The van der Waals surface area contributed by atoms with Crippen molar-refractivity contribution >= 4 is 40.2 Å². The average molecular weight is 505 g/mol. The predicted octanol–water partition coefficient (Wildman–Crippen LogP) is 3.75. The van der Waals surface area contributed by atoms with Gasteiger partial charge < -0.3 is 19.4 Å². The van der Waals surface area contributed by atoms with Crippen LogP contribution >= 0.6 is 22.6 Å². The molecule has 1 unspecified atom stereocenters. The molecule has 7 nitrogen and oxygen atoms in total. The number of nitrogens with zero attached hydrogens (tertiary/aromatic N) is 2. The Morgan fingerprint density at radius 2 is 1.86 bits per heavy atom. The molecule has 0 spiro atoms. The first-order valence-corrected chi connectivity index (χ1v) is 10.0. The zero-order valence-electron chi connectivity index (χ0n) is 15.7. The quantitative estimate of drug-likeness (QED) is 0.373. The molecule has 1 amide bonds. The number of esters is 1. The standard InChI is InChI=1S/C21H20IN3O4/c1-15(26)24-18-6-8-19(9-7-18)28-13-20(12-25-11-10-23-14-25)29-21(27)16-2-4-17(22)5-3-16/h2-11,14,20H,12-13H2,1H3,(H,24,26). The lowest BCUT2D eigenvalue weighted by Gasteiger charge is -2.19. The number of carbonyl (C=O) groups is 2. The van der Waals surface area contributed by atoms with Gasteiger partial charge in [-0.1, -0.05) is 0 Å². The molecule has 150 valence electrons. The van der Waals surface area contributed by atoms with Crippen LogP contribution in [0.15, 0.2) is 67.3 Å². The summed E-state index contributed by atoms with van der Waals surface area (Å²) in [4.78, 5) is 27.6. The molecule has 8 heteroatoms. The average Bonchev–Trinajstić information content (AvgIpc) is 3.20. The summed E-state index contributed by atoms with van der Waals surface area (Å²) in [6.07, 6.45) is 4.62. The molecule has 0 aliphatic rings. The maximum Gasteiger partial charge on any atom is 0.338 e. The second-order valence-corrected chi connectivity index (χ2v) is 7.56. The molecule has 0 aliphatic heterocycles. The van der Waals surface area contributed by atoms with Crippen molar-refractivity contribution in [1.82, 2.24) is 9.55 Å². The van der Waals surface area contributed by atoms with Crippen LogP contribution in [0.1, 0.15) is 17.3 Å². The number of hydrogen-bond donors (Lipinski definition) is 1. The van der Waals surface area contributed by atoms with E-state index in [1.54, 1.807) is 55.1 Å². The van der Waals surface area contributed by atoms with E-state index in [0.29, 0.717) is 23.5 Å². The minimum atomic E-state index is -0.508. The molecule has 0 saturated heterocycles. The number of hydrogen-bond acceptors (Lipinski definition) is 5. The van der Waals surface area contributed by atoms with Gasteiger partial charge in [0.05, 0.1) is 18.4 Å². The van der Waals surface area contributed by atoms with Crippen LogP contribution in [0.5, 0.6) is 5.75 Å². The molecular weight excluding hydrogens is 485 g/mol. The number of ether oxygens (including phenoxy) is 2. The van der Waals surface area contributed by atoms with E-state index in [1.165, 1.54) is 6.92 Å². The van der Waals surface area contributed by atoms with Gasteiger partial charge >= 0.3 is 5.97 Å². The Kier molecular flexibility index (Phi) is 7.23. The Morgan fingerprint density at radius 1 is 1.14 bits per heavy atom. The lowest BCUT2D eigenvalue weighted by Crippen LogP contribution is -2.29. The number of nitrogens with one attached hydrogen (secondary N) is 1. The molecule has 0 saturated carbocycles. The van der Waals surface area contributed by atoms with Crippen molar-refractivity contribution in [3.63, 3.8) is 0 Å². The fourth-order valence-electron chi connectivity index (χ4n) is 2.59. The van der Waals surface area contributed by atoms with Crippen LogP contribution in [-0.2, 0) is 16.1 Å². The Hall–Kier alpha value is -2.88. The van der Waals surface area contributed by atoms with Gasteiger partial charge in [-0.2, -0.15) is 0 Å². The van der Waals surface area contributed by atoms with Crippen LogP contribution in [-0.4, -0.2) is 34.1 Å². The maximum absolute atomic E-state index is 12.5. The van der Waals surface area contributed by atoms with Crippen molar-refractivity contribution in [3.05, 3.63) is 76.4 Å². The molecule has 2 aromatic carbocycles. The fourth-order valence-corrected chi connectivity index (χ4v) is 2.95. The summed E-state index contributed by atoms with van der Waals surface area (Å²) in [6.45, 7) is 2.04. The number of benzene rings is 2. The van der Waals surface area contributed by atoms with E-state index >= 15 is 0 Å². The molecule has 3 aromatic rings. The molecule has 0 bridgehead atoms. The number of halogens is 1. The molecule has 3 rings (SSSR count). The number of amides is 1. The van der Waals surface area contributed by atoms with E-state index in [9.17, 15) is 9.59 Å². The zero-order valence-corrected chi connectivity index (χ0v) is 17.9. The molecule has 0 fully saturated rings. The number of carbonyl (C=O) groups excluding carboxylic acids is 2. The Balaban J connectivity index is 1.64. The number of aromatic nitrogens is 2. The highest BCUT2D eigenvalue weighted by Crippen LogP contribution is 2.17. The van der Waals surface area contributed by atoms with Gasteiger partial charge in [0.1, 0.15) is 12.4 Å². The third-order valence-corrected chi connectivity index (χ3v) is 4.66. The number of imidazole rings is 1. The number of anilines is 1. The van der Waals surface area contributed by atoms with Gasteiger partial charge in [0.2, 0.25) is 5.91 Å². The van der Waals surface area contributed by atoms with Crippen LogP contribution in [0.25, 0.3) is 0 Å². The summed E-state index contributed by atoms with van der Waals surface area (Å²) < 4.78 is 14.4. The molecule has 29 heavy (non-hydrogen) atoms. The van der Waals surface area contributed by atoms with Crippen molar-refractivity contribution in [2.45, 2.75) is 19.6 Å². The summed E-state index contributed by atoms with van der Waals surface area (Å²) in [5.74, 6) is 0.0674. The van der Waals surface area contributed by atoms with Crippen molar-refractivity contribution in [2.24, 2.45) is 0 Å². The molecule has 1 N–H and O–H groups in total. The predicted molar refractivity (Wildman–Crippen MR) is 117 cm³/mol. The van der Waals surface area contributed by atoms with Gasteiger partial charge in [-0.3, -0.25) is 4.79 Å². The molecular formula is C21H20IN3O4. The van der Waals surface area contributed by atoms with E-state index in [1.807, 2.05) is 16.7 Å². The Labute approximate surface area is 182 Å². The SMILES string of the molecule is CC(=O)Nc1ccc(OCC(Cn2ccnc2)OC(=O)c2ccc(I)cc2)cc1. The van der Waals surface area contributed by atoms with Gasteiger partial charge in [0.15, 0.2) is 6.10 Å². The largest absolute Gasteiger partial charge is 0.490 e. The minimum absolute atomic E-state index is 0.137. The summed E-state index contributed by atoms with van der Waals surface area (Å²) >= 11 is 2.18. The monoisotopic (exact) mass is 505 g/mol. The minimum Gasteiger partial charge on any atom is -0.490 e. The number of rotatable bonds is 8. The summed E-state index contributed by atoms with van der Waals surface area (Å²) in [6, 6.07) is 14.2. The summed E-state index contributed by atoms with van der Waals surface area (Å²) in [5.41, 5.74) is 1.17. The van der Waals surface area contributed by atoms with Crippen LogP contribution < -0.4 is 10.1 Å². The normalized spacial score (nSPS) is 11.5. The third-order valence-electron chi connectivity index (χ3n) is 3.94. The lowest BCUT2D eigenvalue weighted by molar-refractivity contribution is -0.114. The van der Waals surface area contributed by atoms with Crippen LogP contribution in [0, 0.1) is 3.57 Å². The smallest absolute Gasteiger partial charge is 0.338 e. The highest BCUT2D eigenvalue weighted by atomic mass is 127. The van der Waals surface area contributed by atoms with Gasteiger partial charge in [-0.05, 0) is 71.1 Å². The van der Waals surface area contributed by atoms with Gasteiger partial charge in [-0.25, -0.2) is 9.78 Å². The van der Waals surface area contributed by atoms with E-state index in [0.717, 1.165) is 3.57 Å². The summed E-state index contributed by atoms with van der Waals surface area (Å²) in [7, 11) is 0. The van der Waals surface area contributed by atoms with Crippen LogP contribution in [0.4, 0.5) is 5.69 Å². The third kappa shape index (κ3) is 6.60. The Morgan fingerprint density at radius 3 is 2.48 bits per heavy atom. The van der Waals surface area contributed by atoms with Crippen molar-refractivity contribution < 1.29 is 19.1 Å². The maximum atomic E-state index is 12.5. The lowest BCUT2D eigenvalue weighted by atomic mass is 10.2. The van der Waals surface area contributed by atoms with E-state index in [-0.39, 0.29) is 12.5 Å². The van der Waals surface area contributed by atoms with Crippen molar-refractivity contribution in [2.75, 3.05) is 11.9 Å². The van der Waals surface area contributed by atoms with Crippen molar-refractivity contribution in [3.8, 4) is 5.75 Å².